The van der Waals surface area contributed by atoms with Crippen molar-refractivity contribution in [2.75, 3.05) is 6.26 Å². The molecule has 0 aliphatic carbocycles. The number of pyridine rings is 1. The lowest BCUT2D eigenvalue weighted by molar-refractivity contribution is -0.671. The minimum absolute atomic E-state index is 0.0565. The number of benzene rings is 1. The van der Waals surface area contributed by atoms with Gasteiger partial charge in [0, 0.05) is 5.39 Å². The van der Waals surface area contributed by atoms with Crippen LogP contribution >= 0.6 is 11.8 Å². The van der Waals surface area contributed by atoms with Gasteiger partial charge in [-0.15, -0.1) is 11.8 Å². The Morgan fingerprint density at radius 2 is 1.71 bits per heavy atom. The number of phenolic OH excluding ortho intramolecular Hbond substituents is 2. The standard InChI is InChI=1S/C11H11NO2S.C2H6/c1-12-5-8-7(10(6-12)15-2)3-4-9(13)11(8)14;1-2/h3-6,13H,1-2H3;1-2H3/p+1. The molecule has 17 heavy (non-hydrogen) atoms. The van der Waals surface area contributed by atoms with Crippen LogP contribution in [0.3, 0.4) is 0 Å². The topological polar surface area (TPSA) is 44.3 Å². The van der Waals surface area contributed by atoms with Gasteiger partial charge in [0.2, 0.25) is 0 Å². The monoisotopic (exact) mass is 252 g/mol. The normalized spacial score (nSPS) is 9.88. The van der Waals surface area contributed by atoms with Crippen LogP contribution in [0.2, 0.25) is 0 Å². The van der Waals surface area contributed by atoms with Crippen LogP contribution in [-0.4, -0.2) is 16.5 Å². The summed E-state index contributed by atoms with van der Waals surface area (Å²) < 4.78 is 1.87. The lowest BCUT2D eigenvalue weighted by Crippen LogP contribution is -2.26. The van der Waals surface area contributed by atoms with E-state index in [1.54, 1.807) is 18.0 Å². The molecule has 0 radical (unpaired) electrons. The lowest BCUT2D eigenvalue weighted by Gasteiger charge is -2.04. The van der Waals surface area contributed by atoms with E-state index < -0.39 is 0 Å². The third kappa shape index (κ3) is 2.64. The average Bonchev–Trinajstić information content (AvgIpc) is 2.36. The molecule has 0 saturated heterocycles. The van der Waals surface area contributed by atoms with Crippen LogP contribution in [0, 0.1) is 0 Å². The molecule has 1 aromatic heterocycles. The summed E-state index contributed by atoms with van der Waals surface area (Å²) in [4.78, 5) is 1.07. The molecular formula is C13H18NO2S+. The summed E-state index contributed by atoms with van der Waals surface area (Å²) >= 11 is 1.61. The summed E-state index contributed by atoms with van der Waals surface area (Å²) in [5.74, 6) is -0.139. The van der Waals surface area contributed by atoms with Gasteiger partial charge in [-0.2, -0.15) is 0 Å². The van der Waals surface area contributed by atoms with Gasteiger partial charge in [0.25, 0.3) is 0 Å². The van der Waals surface area contributed by atoms with E-state index in [0.29, 0.717) is 5.39 Å². The van der Waals surface area contributed by atoms with Crippen LogP contribution in [0.5, 0.6) is 11.5 Å². The van der Waals surface area contributed by atoms with Gasteiger partial charge in [0.1, 0.15) is 7.05 Å². The van der Waals surface area contributed by atoms with Crippen LogP contribution in [0.4, 0.5) is 0 Å². The smallest absolute Gasteiger partial charge is 0.182 e. The fourth-order valence-corrected chi connectivity index (χ4v) is 2.27. The van der Waals surface area contributed by atoms with Gasteiger partial charge in [0.05, 0.1) is 10.3 Å². The Morgan fingerprint density at radius 3 is 2.29 bits per heavy atom. The Kier molecular flexibility index (Phi) is 4.63. The Labute approximate surface area is 106 Å². The predicted octanol–water partition coefficient (Wildman–Crippen LogP) is 2.82. The van der Waals surface area contributed by atoms with Crippen molar-refractivity contribution in [3.8, 4) is 11.5 Å². The van der Waals surface area contributed by atoms with Crippen LogP contribution in [0.15, 0.2) is 29.4 Å². The Balaban J connectivity index is 0.000000686. The van der Waals surface area contributed by atoms with Crippen molar-refractivity contribution >= 4 is 22.5 Å². The van der Waals surface area contributed by atoms with Gasteiger partial charge in [-0.25, -0.2) is 4.57 Å². The molecular weight excluding hydrogens is 234 g/mol. The van der Waals surface area contributed by atoms with Crippen molar-refractivity contribution in [2.45, 2.75) is 18.7 Å². The molecule has 1 heterocycles. The molecule has 92 valence electrons. The highest BCUT2D eigenvalue weighted by molar-refractivity contribution is 7.98. The SMILES string of the molecule is CC.CSc1c[n+](C)cc2c(O)c(O)ccc12. The third-order valence-corrected chi connectivity index (χ3v) is 3.10. The lowest BCUT2D eigenvalue weighted by atomic mass is 10.1. The second kappa shape index (κ2) is 5.77. The Bertz CT molecular complexity index is 526. The zero-order chi connectivity index (χ0) is 13.0. The summed E-state index contributed by atoms with van der Waals surface area (Å²) in [5, 5.41) is 20.8. The zero-order valence-electron chi connectivity index (χ0n) is 10.6. The number of nitrogens with zero attached hydrogens (tertiary/aromatic N) is 1. The number of thioether (sulfide) groups is 1. The van der Waals surface area contributed by atoms with Gasteiger partial charge < -0.3 is 10.2 Å². The van der Waals surface area contributed by atoms with E-state index in [4.69, 9.17) is 0 Å². The summed E-state index contributed by atoms with van der Waals surface area (Å²) in [7, 11) is 1.89. The molecule has 0 bridgehead atoms. The summed E-state index contributed by atoms with van der Waals surface area (Å²) in [6, 6.07) is 3.33. The highest BCUT2D eigenvalue weighted by atomic mass is 32.2. The number of aryl methyl sites for hydroxylation is 1. The summed E-state index contributed by atoms with van der Waals surface area (Å²) in [6.07, 6.45) is 5.77. The molecule has 0 fully saturated rings. The van der Waals surface area contributed by atoms with Gasteiger partial charge >= 0.3 is 0 Å². The van der Waals surface area contributed by atoms with E-state index in [1.165, 1.54) is 6.07 Å². The van der Waals surface area contributed by atoms with Crippen molar-refractivity contribution in [3.05, 3.63) is 24.5 Å². The fourth-order valence-electron chi connectivity index (χ4n) is 1.60. The van der Waals surface area contributed by atoms with Gasteiger partial charge in [0.15, 0.2) is 23.9 Å². The number of aromatic nitrogens is 1. The number of fused-ring (bicyclic) bond motifs is 1. The number of aromatic hydroxyl groups is 2. The van der Waals surface area contributed by atoms with Crippen LogP contribution in [-0.2, 0) is 7.05 Å². The number of phenols is 2. The van der Waals surface area contributed by atoms with Crippen molar-refractivity contribution in [1.29, 1.82) is 0 Å². The maximum absolute atomic E-state index is 9.73. The molecule has 0 atom stereocenters. The third-order valence-electron chi connectivity index (χ3n) is 2.33. The maximum atomic E-state index is 9.73. The first-order valence-electron chi connectivity index (χ1n) is 5.51. The molecule has 0 aliphatic heterocycles. The van der Waals surface area contributed by atoms with E-state index >= 15 is 0 Å². The van der Waals surface area contributed by atoms with Crippen LogP contribution in [0.25, 0.3) is 10.8 Å². The first-order chi connectivity index (χ1) is 8.13. The molecule has 0 unspecified atom stereocenters. The maximum Gasteiger partial charge on any atom is 0.182 e. The van der Waals surface area contributed by atoms with E-state index in [2.05, 4.69) is 0 Å². The molecule has 2 rings (SSSR count). The molecule has 0 amide bonds. The highest BCUT2D eigenvalue weighted by Crippen LogP contribution is 2.35. The quantitative estimate of drug-likeness (QED) is 0.466. The molecule has 0 aliphatic rings. The Hall–Kier alpha value is -1.42. The van der Waals surface area contributed by atoms with Crippen molar-refractivity contribution in [2.24, 2.45) is 7.05 Å². The molecule has 3 nitrogen and oxygen atoms in total. The second-order valence-electron chi connectivity index (χ2n) is 3.39. The zero-order valence-corrected chi connectivity index (χ0v) is 11.4. The second-order valence-corrected chi connectivity index (χ2v) is 4.23. The first kappa shape index (κ1) is 13.6. The van der Waals surface area contributed by atoms with Gasteiger partial charge in [-0.3, -0.25) is 0 Å². The van der Waals surface area contributed by atoms with E-state index in [1.807, 2.05) is 44.0 Å². The van der Waals surface area contributed by atoms with E-state index in [-0.39, 0.29) is 11.5 Å². The molecule has 2 aromatic rings. The van der Waals surface area contributed by atoms with Crippen molar-refractivity contribution in [3.63, 3.8) is 0 Å². The summed E-state index contributed by atoms with van der Waals surface area (Å²) in [6.45, 7) is 4.00. The average molecular weight is 252 g/mol. The highest BCUT2D eigenvalue weighted by Gasteiger charge is 2.12. The molecule has 2 N–H and O–H groups in total. The number of hydrogen-bond donors (Lipinski definition) is 2. The minimum Gasteiger partial charge on any atom is -0.504 e. The molecule has 4 heteroatoms. The van der Waals surface area contributed by atoms with Crippen molar-refractivity contribution < 1.29 is 14.8 Å². The number of hydrogen-bond acceptors (Lipinski definition) is 3. The van der Waals surface area contributed by atoms with Gasteiger partial charge in [-0.05, 0) is 18.4 Å². The molecule has 0 spiro atoms. The number of rotatable bonds is 1. The van der Waals surface area contributed by atoms with E-state index in [0.717, 1.165) is 10.3 Å². The van der Waals surface area contributed by atoms with Crippen LogP contribution < -0.4 is 4.57 Å². The molecule has 0 saturated carbocycles. The molecule has 1 aromatic carbocycles. The Morgan fingerprint density at radius 1 is 1.06 bits per heavy atom. The minimum atomic E-state index is -0.0826. The fraction of sp³-hybridized carbons (Fsp3) is 0.308. The van der Waals surface area contributed by atoms with Crippen LogP contribution in [0.1, 0.15) is 13.8 Å². The largest absolute Gasteiger partial charge is 0.504 e. The van der Waals surface area contributed by atoms with E-state index in [9.17, 15) is 10.2 Å². The summed E-state index contributed by atoms with van der Waals surface area (Å²) in [5.41, 5.74) is 0. The van der Waals surface area contributed by atoms with Gasteiger partial charge in [-0.1, -0.05) is 13.8 Å². The van der Waals surface area contributed by atoms with Crippen molar-refractivity contribution in [1.82, 2.24) is 0 Å². The predicted molar refractivity (Wildman–Crippen MR) is 71.6 cm³/mol. The first-order valence-corrected chi connectivity index (χ1v) is 6.74.